The first-order chi connectivity index (χ1) is 10.7. The van der Waals surface area contributed by atoms with E-state index in [1.54, 1.807) is 13.2 Å². The quantitative estimate of drug-likeness (QED) is 0.641. The Morgan fingerprint density at radius 2 is 1.95 bits per heavy atom. The van der Waals surface area contributed by atoms with Crippen LogP contribution in [0, 0.1) is 0 Å². The van der Waals surface area contributed by atoms with Crippen LogP contribution in [0.25, 0.3) is 0 Å². The standard InChI is InChI=1S/C19H22O3/c1-15(2)18(20)9-6-10-19-17(11-12-22-19)14-21-13-16-7-4-3-5-8-16/h3-5,7-8,11-12H,1,6,9-10,13-14H2,2H3. The summed E-state index contributed by atoms with van der Waals surface area (Å²) in [6.07, 6.45) is 3.71. The van der Waals surface area contributed by atoms with E-state index in [1.165, 1.54) is 0 Å². The summed E-state index contributed by atoms with van der Waals surface area (Å²) in [6, 6.07) is 12.0. The summed E-state index contributed by atoms with van der Waals surface area (Å²) in [6.45, 7) is 6.52. The molecule has 1 aromatic carbocycles. The number of carbonyl (C=O) groups is 1. The number of hydrogen-bond donors (Lipinski definition) is 0. The van der Waals surface area contributed by atoms with Crippen LogP contribution in [0.4, 0.5) is 0 Å². The molecule has 0 N–H and O–H groups in total. The van der Waals surface area contributed by atoms with Crippen molar-refractivity contribution in [3.8, 4) is 0 Å². The second kappa shape index (κ2) is 8.35. The minimum absolute atomic E-state index is 0.119. The molecule has 1 heterocycles. The number of Topliss-reactive ketones (excluding diaryl/α,β-unsaturated/α-hetero) is 1. The summed E-state index contributed by atoms with van der Waals surface area (Å²) in [5.74, 6) is 1.02. The Hall–Kier alpha value is -2.13. The number of furan rings is 1. The monoisotopic (exact) mass is 298 g/mol. The van der Waals surface area contributed by atoms with Crippen LogP contribution in [0.3, 0.4) is 0 Å². The molecule has 0 aliphatic heterocycles. The molecule has 0 atom stereocenters. The maximum absolute atomic E-state index is 11.5. The van der Waals surface area contributed by atoms with Crippen LogP contribution in [0.1, 0.15) is 36.7 Å². The first-order valence-electron chi connectivity index (χ1n) is 7.52. The third-order valence-electron chi connectivity index (χ3n) is 3.49. The van der Waals surface area contributed by atoms with Crippen molar-refractivity contribution in [2.75, 3.05) is 0 Å². The van der Waals surface area contributed by atoms with Gasteiger partial charge in [0.15, 0.2) is 5.78 Å². The third kappa shape index (κ3) is 5.01. The van der Waals surface area contributed by atoms with Crippen LogP contribution < -0.4 is 0 Å². The average molecular weight is 298 g/mol. The van der Waals surface area contributed by atoms with Crippen molar-refractivity contribution in [2.24, 2.45) is 0 Å². The molecule has 1 aromatic heterocycles. The van der Waals surface area contributed by atoms with E-state index in [0.29, 0.717) is 25.2 Å². The fourth-order valence-electron chi connectivity index (χ4n) is 2.19. The van der Waals surface area contributed by atoms with E-state index in [1.807, 2.05) is 36.4 Å². The van der Waals surface area contributed by atoms with Gasteiger partial charge in [0.25, 0.3) is 0 Å². The molecule has 3 heteroatoms. The predicted octanol–water partition coefficient (Wildman–Crippen LogP) is 4.46. The molecular formula is C19H22O3. The summed E-state index contributed by atoms with van der Waals surface area (Å²) >= 11 is 0. The van der Waals surface area contributed by atoms with E-state index >= 15 is 0 Å². The van der Waals surface area contributed by atoms with Gasteiger partial charge >= 0.3 is 0 Å². The number of hydrogen-bond acceptors (Lipinski definition) is 3. The SMILES string of the molecule is C=C(C)C(=O)CCCc1occc1COCc1ccccc1. The van der Waals surface area contributed by atoms with Gasteiger partial charge < -0.3 is 9.15 Å². The molecule has 0 saturated heterocycles. The lowest BCUT2D eigenvalue weighted by molar-refractivity contribution is -0.115. The van der Waals surface area contributed by atoms with Crippen LogP contribution in [0.5, 0.6) is 0 Å². The van der Waals surface area contributed by atoms with Gasteiger partial charge in [-0.15, -0.1) is 0 Å². The largest absolute Gasteiger partial charge is 0.469 e. The third-order valence-corrected chi connectivity index (χ3v) is 3.49. The summed E-state index contributed by atoms with van der Waals surface area (Å²) in [5.41, 5.74) is 2.82. The number of rotatable bonds is 9. The van der Waals surface area contributed by atoms with E-state index in [-0.39, 0.29) is 5.78 Å². The molecule has 0 aliphatic carbocycles. The Balaban J connectivity index is 1.77. The second-order valence-electron chi connectivity index (χ2n) is 5.40. The molecule has 0 radical (unpaired) electrons. The van der Waals surface area contributed by atoms with Gasteiger partial charge in [-0.3, -0.25) is 4.79 Å². The molecule has 0 aliphatic rings. The van der Waals surface area contributed by atoms with Gasteiger partial charge in [-0.1, -0.05) is 36.9 Å². The lowest BCUT2D eigenvalue weighted by Gasteiger charge is -2.05. The van der Waals surface area contributed by atoms with Crippen LogP contribution >= 0.6 is 0 Å². The summed E-state index contributed by atoms with van der Waals surface area (Å²) in [5, 5.41) is 0. The zero-order valence-electron chi connectivity index (χ0n) is 13.0. The highest BCUT2D eigenvalue weighted by molar-refractivity contribution is 5.93. The maximum atomic E-state index is 11.5. The van der Waals surface area contributed by atoms with Crippen molar-refractivity contribution < 1.29 is 13.9 Å². The highest BCUT2D eigenvalue weighted by Gasteiger charge is 2.08. The number of ether oxygens (including phenoxy) is 1. The Morgan fingerprint density at radius 1 is 1.18 bits per heavy atom. The normalized spacial score (nSPS) is 10.6. The highest BCUT2D eigenvalue weighted by atomic mass is 16.5. The zero-order valence-corrected chi connectivity index (χ0v) is 13.0. The summed E-state index contributed by atoms with van der Waals surface area (Å²) in [4.78, 5) is 11.5. The van der Waals surface area contributed by atoms with Gasteiger partial charge in [0.05, 0.1) is 19.5 Å². The van der Waals surface area contributed by atoms with E-state index in [4.69, 9.17) is 9.15 Å². The first-order valence-corrected chi connectivity index (χ1v) is 7.52. The minimum Gasteiger partial charge on any atom is -0.469 e. The zero-order chi connectivity index (χ0) is 15.8. The van der Waals surface area contributed by atoms with Gasteiger partial charge in [-0.25, -0.2) is 0 Å². The predicted molar refractivity (Wildman–Crippen MR) is 86.4 cm³/mol. The molecule has 0 bridgehead atoms. The fourth-order valence-corrected chi connectivity index (χ4v) is 2.19. The molecular weight excluding hydrogens is 276 g/mol. The number of ketones is 1. The summed E-state index contributed by atoms with van der Waals surface area (Å²) in [7, 11) is 0. The second-order valence-corrected chi connectivity index (χ2v) is 5.40. The molecule has 2 rings (SSSR count). The fraction of sp³-hybridized carbons (Fsp3) is 0.316. The number of aryl methyl sites for hydroxylation is 1. The van der Waals surface area contributed by atoms with Crippen LogP contribution in [-0.2, 0) is 29.2 Å². The topological polar surface area (TPSA) is 39.4 Å². The maximum Gasteiger partial charge on any atom is 0.158 e. The van der Waals surface area contributed by atoms with Crippen molar-refractivity contribution in [1.29, 1.82) is 0 Å². The Kier molecular flexibility index (Phi) is 6.16. The van der Waals surface area contributed by atoms with Gasteiger partial charge in [-0.2, -0.15) is 0 Å². The van der Waals surface area contributed by atoms with E-state index in [0.717, 1.165) is 29.7 Å². The smallest absolute Gasteiger partial charge is 0.158 e. The van der Waals surface area contributed by atoms with E-state index in [9.17, 15) is 4.79 Å². The van der Waals surface area contributed by atoms with Gasteiger partial charge in [0, 0.05) is 18.4 Å². The number of allylic oxidation sites excluding steroid dienone is 1. The van der Waals surface area contributed by atoms with Gasteiger partial charge in [0.1, 0.15) is 5.76 Å². The van der Waals surface area contributed by atoms with Crippen molar-refractivity contribution in [1.82, 2.24) is 0 Å². The first kappa shape index (κ1) is 16.2. The van der Waals surface area contributed by atoms with Crippen LogP contribution in [-0.4, -0.2) is 5.78 Å². The Bertz CT molecular complexity index is 611. The Morgan fingerprint density at radius 3 is 2.68 bits per heavy atom. The molecule has 22 heavy (non-hydrogen) atoms. The van der Waals surface area contributed by atoms with Gasteiger partial charge in [0.2, 0.25) is 0 Å². The highest BCUT2D eigenvalue weighted by Crippen LogP contribution is 2.16. The lowest BCUT2D eigenvalue weighted by atomic mass is 10.1. The molecule has 0 unspecified atom stereocenters. The van der Waals surface area contributed by atoms with Gasteiger partial charge in [-0.05, 0) is 30.5 Å². The van der Waals surface area contributed by atoms with Crippen molar-refractivity contribution >= 4 is 5.78 Å². The van der Waals surface area contributed by atoms with Crippen molar-refractivity contribution in [3.05, 3.63) is 71.7 Å². The number of carbonyl (C=O) groups excluding carboxylic acids is 1. The molecule has 3 nitrogen and oxygen atoms in total. The van der Waals surface area contributed by atoms with E-state index < -0.39 is 0 Å². The molecule has 0 spiro atoms. The average Bonchev–Trinajstić information content (AvgIpc) is 2.95. The summed E-state index contributed by atoms with van der Waals surface area (Å²) < 4.78 is 11.2. The van der Waals surface area contributed by atoms with E-state index in [2.05, 4.69) is 6.58 Å². The minimum atomic E-state index is 0.119. The Labute approximate surface area is 131 Å². The van der Waals surface area contributed by atoms with Crippen LogP contribution in [0.15, 0.2) is 59.2 Å². The van der Waals surface area contributed by atoms with Crippen molar-refractivity contribution in [3.63, 3.8) is 0 Å². The van der Waals surface area contributed by atoms with Crippen LogP contribution in [0.2, 0.25) is 0 Å². The number of benzene rings is 1. The molecule has 0 fully saturated rings. The molecule has 116 valence electrons. The lowest BCUT2D eigenvalue weighted by Crippen LogP contribution is -2.00. The molecule has 2 aromatic rings. The molecule has 0 saturated carbocycles. The molecule has 0 amide bonds. The van der Waals surface area contributed by atoms with Crippen molar-refractivity contribution in [2.45, 2.75) is 39.4 Å².